The summed E-state index contributed by atoms with van der Waals surface area (Å²) in [5, 5.41) is 21.7. The van der Waals surface area contributed by atoms with E-state index >= 15 is 0 Å². The standard InChI is InChI=1S/C27H30N8O2/c1-27(2)13-17(9-12-37-27)31-25-22-16(14-28)15-29-24(22)33-26(34-25)32-20-7-6-19(21-8-10-30-35(21)3)23-18(20)5-4-11-36-23/h6-8,10,15,17H,4-5,9,11-13H2,1-3H3,(H3,29,31,32,33,34). The van der Waals surface area contributed by atoms with Crippen molar-refractivity contribution < 1.29 is 9.47 Å². The molecule has 0 spiro atoms. The lowest BCUT2D eigenvalue weighted by atomic mass is 9.94. The molecular weight excluding hydrogens is 468 g/mol. The predicted molar refractivity (Wildman–Crippen MR) is 141 cm³/mol. The largest absolute Gasteiger partial charge is 0.493 e. The maximum Gasteiger partial charge on any atom is 0.231 e. The number of nitrogens with zero attached hydrogens (tertiary/aromatic N) is 5. The van der Waals surface area contributed by atoms with Crippen LogP contribution in [0.1, 0.15) is 44.2 Å². The van der Waals surface area contributed by atoms with Crippen molar-refractivity contribution in [3.05, 3.63) is 41.7 Å². The number of hydrogen-bond donors (Lipinski definition) is 3. The van der Waals surface area contributed by atoms with Gasteiger partial charge in [0.25, 0.3) is 0 Å². The molecule has 0 amide bonds. The smallest absolute Gasteiger partial charge is 0.231 e. The van der Waals surface area contributed by atoms with Crippen LogP contribution < -0.4 is 15.4 Å². The molecule has 0 radical (unpaired) electrons. The van der Waals surface area contributed by atoms with Crippen LogP contribution in [0.2, 0.25) is 0 Å². The highest BCUT2D eigenvalue weighted by molar-refractivity contribution is 5.94. The van der Waals surface area contributed by atoms with Crippen molar-refractivity contribution >= 4 is 28.5 Å². The molecule has 190 valence electrons. The first-order valence-corrected chi connectivity index (χ1v) is 12.7. The van der Waals surface area contributed by atoms with E-state index in [2.05, 4.69) is 40.6 Å². The van der Waals surface area contributed by atoms with Gasteiger partial charge in [-0.2, -0.15) is 20.3 Å². The van der Waals surface area contributed by atoms with Gasteiger partial charge in [-0.25, -0.2) is 0 Å². The van der Waals surface area contributed by atoms with E-state index in [0.29, 0.717) is 41.6 Å². The fourth-order valence-corrected chi connectivity index (χ4v) is 5.37. The molecule has 4 aromatic rings. The lowest BCUT2D eigenvalue weighted by Crippen LogP contribution is -2.40. The molecule has 6 rings (SSSR count). The Labute approximate surface area is 215 Å². The number of benzene rings is 1. The average Bonchev–Trinajstić information content (AvgIpc) is 3.49. The minimum atomic E-state index is -0.214. The number of aromatic amines is 1. The van der Waals surface area contributed by atoms with Crippen LogP contribution in [-0.4, -0.2) is 49.6 Å². The summed E-state index contributed by atoms with van der Waals surface area (Å²) in [6.45, 7) is 5.55. The second-order valence-electron chi connectivity index (χ2n) is 10.3. The molecule has 2 aliphatic rings. The molecule has 1 aromatic carbocycles. The summed E-state index contributed by atoms with van der Waals surface area (Å²) in [6.07, 6.45) is 7.00. The number of nitriles is 1. The Kier molecular flexibility index (Phi) is 5.72. The number of fused-ring (bicyclic) bond motifs is 2. The number of anilines is 3. The molecule has 2 aliphatic heterocycles. The molecule has 3 aromatic heterocycles. The Hall–Kier alpha value is -4.10. The number of ether oxygens (including phenoxy) is 2. The highest BCUT2D eigenvalue weighted by Crippen LogP contribution is 2.41. The number of H-pyrrole nitrogens is 1. The van der Waals surface area contributed by atoms with Crippen molar-refractivity contribution in [2.75, 3.05) is 23.8 Å². The van der Waals surface area contributed by atoms with Crippen LogP contribution in [0.4, 0.5) is 17.5 Å². The number of hydrogen-bond acceptors (Lipinski definition) is 8. The summed E-state index contributed by atoms with van der Waals surface area (Å²) in [5.74, 6) is 1.97. The van der Waals surface area contributed by atoms with Crippen LogP contribution in [0, 0.1) is 11.3 Å². The number of rotatable bonds is 5. The van der Waals surface area contributed by atoms with Gasteiger partial charge < -0.3 is 25.1 Å². The first-order chi connectivity index (χ1) is 17.9. The molecule has 10 heteroatoms. The van der Waals surface area contributed by atoms with Gasteiger partial charge in [0.05, 0.1) is 28.9 Å². The Morgan fingerprint density at radius 1 is 1.22 bits per heavy atom. The number of aryl methyl sites for hydroxylation is 1. The van der Waals surface area contributed by atoms with Gasteiger partial charge in [0, 0.05) is 48.9 Å². The summed E-state index contributed by atoms with van der Waals surface area (Å²) in [7, 11) is 1.93. The van der Waals surface area contributed by atoms with Gasteiger partial charge >= 0.3 is 0 Å². The van der Waals surface area contributed by atoms with Gasteiger partial charge in [-0.05, 0) is 57.7 Å². The molecule has 0 bridgehead atoms. The Morgan fingerprint density at radius 2 is 2.11 bits per heavy atom. The third kappa shape index (κ3) is 4.36. The molecule has 3 N–H and O–H groups in total. The van der Waals surface area contributed by atoms with Crippen LogP contribution in [0.3, 0.4) is 0 Å². The lowest BCUT2D eigenvalue weighted by Gasteiger charge is -2.36. The van der Waals surface area contributed by atoms with Gasteiger partial charge in [-0.15, -0.1) is 0 Å². The summed E-state index contributed by atoms with van der Waals surface area (Å²) in [6, 6.07) is 8.52. The Morgan fingerprint density at radius 3 is 2.89 bits per heavy atom. The van der Waals surface area contributed by atoms with Crippen LogP contribution >= 0.6 is 0 Å². The topological polar surface area (TPSA) is 126 Å². The minimum absolute atomic E-state index is 0.176. The van der Waals surface area contributed by atoms with Crippen molar-refractivity contribution in [2.24, 2.45) is 7.05 Å². The zero-order valence-electron chi connectivity index (χ0n) is 21.3. The molecule has 1 saturated heterocycles. The van der Waals surface area contributed by atoms with E-state index in [1.165, 1.54) is 0 Å². The van der Waals surface area contributed by atoms with E-state index in [1.807, 2.05) is 29.9 Å². The third-order valence-corrected chi connectivity index (χ3v) is 7.11. The molecular formula is C27H30N8O2. The van der Waals surface area contributed by atoms with Gasteiger partial charge in [-0.1, -0.05) is 0 Å². The second kappa shape index (κ2) is 9.09. The fraction of sp³-hybridized carbons (Fsp3) is 0.407. The van der Waals surface area contributed by atoms with Crippen LogP contribution in [0.25, 0.3) is 22.3 Å². The van der Waals surface area contributed by atoms with Gasteiger partial charge in [0.1, 0.15) is 23.3 Å². The molecule has 1 atom stereocenters. The van der Waals surface area contributed by atoms with E-state index in [9.17, 15) is 5.26 Å². The van der Waals surface area contributed by atoms with E-state index in [0.717, 1.165) is 53.9 Å². The molecule has 1 unspecified atom stereocenters. The van der Waals surface area contributed by atoms with Gasteiger partial charge in [0.2, 0.25) is 5.95 Å². The maximum atomic E-state index is 9.69. The number of aromatic nitrogens is 5. The minimum Gasteiger partial charge on any atom is -0.493 e. The first-order valence-electron chi connectivity index (χ1n) is 12.7. The highest BCUT2D eigenvalue weighted by atomic mass is 16.5. The van der Waals surface area contributed by atoms with E-state index in [4.69, 9.17) is 19.4 Å². The summed E-state index contributed by atoms with van der Waals surface area (Å²) >= 11 is 0. The average molecular weight is 499 g/mol. The predicted octanol–water partition coefficient (Wildman–Crippen LogP) is 4.67. The van der Waals surface area contributed by atoms with Gasteiger partial charge in [0.15, 0.2) is 0 Å². The third-order valence-electron chi connectivity index (χ3n) is 7.11. The molecule has 37 heavy (non-hydrogen) atoms. The zero-order valence-corrected chi connectivity index (χ0v) is 21.3. The van der Waals surface area contributed by atoms with Crippen LogP contribution in [-0.2, 0) is 18.2 Å². The first kappa shape index (κ1) is 23.3. The van der Waals surface area contributed by atoms with Crippen molar-refractivity contribution in [1.29, 1.82) is 5.26 Å². The monoisotopic (exact) mass is 498 g/mol. The molecule has 5 heterocycles. The Balaban J connectivity index is 1.38. The highest BCUT2D eigenvalue weighted by Gasteiger charge is 2.30. The normalized spacial score (nSPS) is 18.6. The maximum absolute atomic E-state index is 9.69. The SMILES string of the molecule is Cn1nccc1-c1ccc(Nc2nc(NC3CCOC(C)(C)C3)c3c(C#N)c[nH]c3n2)c2c1OCCC2. The van der Waals surface area contributed by atoms with Crippen LogP contribution in [0.5, 0.6) is 5.75 Å². The van der Waals surface area contributed by atoms with Crippen molar-refractivity contribution in [1.82, 2.24) is 24.7 Å². The summed E-state index contributed by atoms with van der Waals surface area (Å²) in [5.41, 5.74) is 4.94. The van der Waals surface area contributed by atoms with Gasteiger partial charge in [-0.3, -0.25) is 4.68 Å². The fourth-order valence-electron chi connectivity index (χ4n) is 5.37. The molecule has 1 fully saturated rings. The second-order valence-corrected chi connectivity index (χ2v) is 10.3. The Bertz CT molecular complexity index is 1510. The zero-order chi connectivity index (χ0) is 25.6. The van der Waals surface area contributed by atoms with E-state index in [-0.39, 0.29) is 11.6 Å². The van der Waals surface area contributed by atoms with E-state index in [1.54, 1.807) is 12.4 Å². The van der Waals surface area contributed by atoms with Crippen molar-refractivity contribution in [3.8, 4) is 23.1 Å². The van der Waals surface area contributed by atoms with Crippen molar-refractivity contribution in [2.45, 2.75) is 51.2 Å². The molecule has 0 saturated carbocycles. The number of nitrogens with one attached hydrogen (secondary N) is 3. The molecule has 0 aliphatic carbocycles. The van der Waals surface area contributed by atoms with E-state index < -0.39 is 0 Å². The lowest BCUT2D eigenvalue weighted by molar-refractivity contribution is -0.0553. The quantitative estimate of drug-likeness (QED) is 0.362. The summed E-state index contributed by atoms with van der Waals surface area (Å²) < 4.78 is 13.9. The summed E-state index contributed by atoms with van der Waals surface area (Å²) in [4.78, 5) is 12.7. The molecule has 10 nitrogen and oxygen atoms in total. The van der Waals surface area contributed by atoms with Crippen molar-refractivity contribution in [3.63, 3.8) is 0 Å². The van der Waals surface area contributed by atoms with Crippen LogP contribution in [0.15, 0.2) is 30.6 Å².